The van der Waals surface area contributed by atoms with Gasteiger partial charge in [0.25, 0.3) is 0 Å². The topological polar surface area (TPSA) is 89.8 Å². The molecule has 0 fully saturated rings. The van der Waals surface area contributed by atoms with Gasteiger partial charge in [-0.3, -0.25) is 4.79 Å². The van der Waals surface area contributed by atoms with Crippen molar-refractivity contribution in [3.63, 3.8) is 0 Å². The molecular weight excluding hydrogens is 342 g/mol. The number of carboxylic acid groups (broad SMARTS) is 1. The number of aromatic nitrogens is 1. The summed E-state index contributed by atoms with van der Waals surface area (Å²) in [5, 5.41) is 15.7. The van der Waals surface area contributed by atoms with Crippen LogP contribution in [0.1, 0.15) is 25.0 Å². The molecule has 3 rings (SSSR count). The highest BCUT2D eigenvalue weighted by Crippen LogP contribution is 2.24. The van der Waals surface area contributed by atoms with E-state index in [1.165, 1.54) is 11.1 Å². The van der Waals surface area contributed by atoms with Crippen molar-refractivity contribution in [3.8, 4) is 0 Å². The van der Waals surface area contributed by atoms with Crippen LogP contribution in [-0.2, 0) is 16.2 Å². The minimum absolute atomic E-state index is 0. The number of para-hydroxylation sites is 1. The van der Waals surface area contributed by atoms with Gasteiger partial charge in [0.05, 0.1) is 17.5 Å². The van der Waals surface area contributed by atoms with Gasteiger partial charge in [0.15, 0.2) is 0 Å². The van der Waals surface area contributed by atoms with E-state index in [9.17, 15) is 4.79 Å². The Labute approximate surface area is 158 Å². The normalized spacial score (nSPS) is 11.6. The largest absolute Gasteiger partial charge is 0.481 e. The third-order valence-electron chi connectivity index (χ3n) is 4.59. The molecule has 0 aliphatic heterocycles. The van der Waals surface area contributed by atoms with Gasteiger partial charge in [-0.15, -0.1) is 0 Å². The van der Waals surface area contributed by atoms with E-state index in [4.69, 9.17) is 15.7 Å². The number of pyridine rings is 1. The zero-order valence-corrected chi connectivity index (χ0v) is 15.0. The molecule has 0 saturated heterocycles. The highest BCUT2D eigenvalue weighted by molar-refractivity contribution is 5.95. The van der Waals surface area contributed by atoms with Gasteiger partial charge < -0.3 is 20.2 Å². The van der Waals surface area contributed by atoms with Crippen molar-refractivity contribution in [2.45, 2.75) is 34.2 Å². The molecular formula is C21H27N3O3. The number of rotatable bonds is 6. The summed E-state index contributed by atoms with van der Waals surface area (Å²) < 4.78 is 2.23. The number of benzene rings is 2. The van der Waals surface area contributed by atoms with Crippen LogP contribution in [0.15, 0.2) is 41.6 Å². The average molecular weight is 369 g/mol. The van der Waals surface area contributed by atoms with E-state index < -0.39 is 5.97 Å². The highest BCUT2D eigenvalue weighted by atomic mass is 16.6. The monoisotopic (exact) mass is 369 g/mol. The maximum Gasteiger partial charge on any atom is 0.306 e. The summed E-state index contributed by atoms with van der Waals surface area (Å²) in [6.07, 6.45) is -0.0858. The number of nitrogens with two attached hydrogens (primary N) is 1. The third-order valence-corrected chi connectivity index (χ3v) is 4.59. The van der Waals surface area contributed by atoms with E-state index in [-0.39, 0.29) is 20.5 Å². The fourth-order valence-electron chi connectivity index (χ4n) is 3.22. The fourth-order valence-corrected chi connectivity index (χ4v) is 3.22. The van der Waals surface area contributed by atoms with Gasteiger partial charge in [-0.1, -0.05) is 42.9 Å². The molecule has 1 heterocycles. The van der Waals surface area contributed by atoms with Crippen molar-refractivity contribution in [3.05, 3.63) is 52.9 Å². The summed E-state index contributed by atoms with van der Waals surface area (Å²) >= 11 is 0. The van der Waals surface area contributed by atoms with Crippen LogP contribution in [-0.4, -0.2) is 28.8 Å². The summed E-state index contributed by atoms with van der Waals surface area (Å²) in [5.41, 5.74) is 10.3. The molecule has 0 spiro atoms. The number of hydrogen-bond donors (Lipinski definition) is 2. The zero-order chi connectivity index (χ0) is 18.7. The second-order valence-corrected chi connectivity index (χ2v) is 6.28. The molecule has 0 bridgehead atoms. The van der Waals surface area contributed by atoms with E-state index in [1.807, 2.05) is 30.3 Å². The summed E-state index contributed by atoms with van der Waals surface area (Å²) in [5.74, 6) is -0.907. The molecule has 0 unspecified atom stereocenters. The van der Waals surface area contributed by atoms with Crippen LogP contribution < -0.4 is 11.1 Å². The van der Waals surface area contributed by atoms with Crippen molar-refractivity contribution in [1.82, 2.24) is 4.57 Å². The molecule has 3 aromatic rings. The van der Waals surface area contributed by atoms with Gasteiger partial charge in [0.2, 0.25) is 0 Å². The molecule has 6 nitrogen and oxygen atoms in total. The first kappa shape index (κ1) is 20.5. The van der Waals surface area contributed by atoms with Crippen LogP contribution in [0.25, 0.3) is 21.8 Å². The third kappa shape index (κ3) is 3.95. The van der Waals surface area contributed by atoms with Crippen LogP contribution in [0.2, 0.25) is 0 Å². The quantitative estimate of drug-likeness (QED) is 0.396. The highest BCUT2D eigenvalue weighted by Gasteiger charge is 2.12. The summed E-state index contributed by atoms with van der Waals surface area (Å²) in [6.45, 7) is 5.43. The second-order valence-electron chi connectivity index (χ2n) is 6.28. The number of carboxylic acids is 1. The lowest BCUT2D eigenvalue weighted by Crippen LogP contribution is -2.18. The predicted octanol–water partition coefficient (Wildman–Crippen LogP) is 3.31. The smallest absolute Gasteiger partial charge is 0.306 e. The maximum atomic E-state index is 10.7. The minimum atomic E-state index is -0.907. The van der Waals surface area contributed by atoms with E-state index >= 15 is 0 Å². The molecule has 0 aliphatic carbocycles. The summed E-state index contributed by atoms with van der Waals surface area (Å²) in [7, 11) is 0. The first-order valence-electron chi connectivity index (χ1n) is 8.64. The molecule has 6 heteroatoms. The van der Waals surface area contributed by atoms with Crippen molar-refractivity contribution in [2.75, 3.05) is 13.2 Å². The van der Waals surface area contributed by atoms with Gasteiger partial charge in [-0.25, -0.2) is 0 Å². The molecule has 0 radical (unpaired) electrons. The lowest BCUT2D eigenvalue weighted by Gasteiger charge is -2.18. The molecule has 0 atom stereocenters. The van der Waals surface area contributed by atoms with E-state index in [0.717, 1.165) is 27.2 Å². The molecule has 144 valence electrons. The van der Waals surface area contributed by atoms with E-state index in [2.05, 4.69) is 29.6 Å². The van der Waals surface area contributed by atoms with Crippen molar-refractivity contribution >= 4 is 27.8 Å². The predicted molar refractivity (Wildman–Crippen MR) is 108 cm³/mol. The number of carbonyl (C=O) groups is 1. The number of fused-ring (bicyclic) bond motifs is 2. The number of hydrogen-bond acceptors (Lipinski definition) is 4. The van der Waals surface area contributed by atoms with Gasteiger partial charge in [-0.05, 0) is 31.0 Å². The second kappa shape index (κ2) is 8.68. The number of aliphatic carboxylic acids is 1. The minimum Gasteiger partial charge on any atom is -0.481 e. The Morgan fingerprint density at radius 3 is 2.63 bits per heavy atom. The Bertz CT molecular complexity index is 1040. The number of nitrogens with zero attached hydrogens (tertiary/aromatic N) is 2. The molecule has 2 aromatic carbocycles. The summed E-state index contributed by atoms with van der Waals surface area (Å²) in [4.78, 5) is 16.0. The molecule has 0 saturated carbocycles. The number of aryl methyl sites for hydroxylation is 2. The van der Waals surface area contributed by atoms with Gasteiger partial charge in [0.1, 0.15) is 12.0 Å². The average Bonchev–Trinajstić information content (AvgIpc) is 2.63. The zero-order valence-electron chi connectivity index (χ0n) is 15.0. The van der Waals surface area contributed by atoms with Crippen LogP contribution >= 0.6 is 0 Å². The van der Waals surface area contributed by atoms with Gasteiger partial charge in [0, 0.05) is 23.9 Å². The van der Waals surface area contributed by atoms with Crippen LogP contribution in [0.5, 0.6) is 0 Å². The van der Waals surface area contributed by atoms with Crippen LogP contribution in [0, 0.1) is 13.8 Å². The molecule has 0 amide bonds. The van der Waals surface area contributed by atoms with Crippen molar-refractivity contribution in [1.29, 1.82) is 0 Å². The van der Waals surface area contributed by atoms with E-state index in [1.54, 1.807) is 0 Å². The molecule has 27 heavy (non-hydrogen) atoms. The Morgan fingerprint density at radius 1 is 1.19 bits per heavy atom. The fraction of sp³-hybridized carbons (Fsp3) is 0.333. The molecule has 1 aromatic heterocycles. The lowest BCUT2D eigenvalue weighted by molar-refractivity contribution is -0.138. The van der Waals surface area contributed by atoms with Crippen LogP contribution in [0.3, 0.4) is 0 Å². The standard InChI is InChI=1S/C20H23N3O3.CH4/c1-13-7-8-16-19(22-26-12-9-18(24)25)15-5-3-4-6-17(15)23(11-10-21)20(16)14(13)2;/h3-8H,9-12,21H2,1-2H3,(H,24,25);1H4/b22-19+;. The Morgan fingerprint density at radius 2 is 1.93 bits per heavy atom. The first-order valence-corrected chi connectivity index (χ1v) is 8.64. The SMILES string of the molecule is C.Cc1ccc2/c(=N/OCCC(=O)O)c3ccccc3n(CCN)c2c1C. The van der Waals surface area contributed by atoms with Crippen LogP contribution in [0.4, 0.5) is 0 Å². The lowest BCUT2D eigenvalue weighted by atomic mass is 10.0. The van der Waals surface area contributed by atoms with Crippen molar-refractivity contribution < 1.29 is 14.7 Å². The van der Waals surface area contributed by atoms with E-state index in [0.29, 0.717) is 13.1 Å². The van der Waals surface area contributed by atoms with Crippen molar-refractivity contribution in [2.24, 2.45) is 10.9 Å². The van der Waals surface area contributed by atoms with Gasteiger partial charge in [-0.2, -0.15) is 0 Å². The Hall–Kier alpha value is -2.86. The first-order chi connectivity index (χ1) is 12.5. The maximum absolute atomic E-state index is 10.7. The Kier molecular flexibility index (Phi) is 6.58. The molecule has 0 aliphatic rings. The Balaban J connectivity index is 0.00000261. The van der Waals surface area contributed by atoms with Gasteiger partial charge >= 0.3 is 5.97 Å². The summed E-state index contributed by atoms with van der Waals surface area (Å²) in [6, 6.07) is 12.1. The molecule has 3 N–H and O–H groups in total.